The zero-order valence-electron chi connectivity index (χ0n) is 16.8. The second-order valence-corrected chi connectivity index (χ2v) is 8.91. The van der Waals surface area contributed by atoms with Crippen molar-refractivity contribution in [2.75, 3.05) is 18.8 Å². The Morgan fingerprint density at radius 1 is 0.933 bits per heavy atom. The number of hydrogen-bond acceptors (Lipinski definition) is 5. The molecular weight excluding hydrogens is 416 g/mol. The largest absolute Gasteiger partial charge is 0.300 e. The predicted octanol–water partition coefficient (Wildman–Crippen LogP) is 4.94. The van der Waals surface area contributed by atoms with Gasteiger partial charge in [0, 0.05) is 10.6 Å². The Hall–Kier alpha value is -2.15. The summed E-state index contributed by atoms with van der Waals surface area (Å²) in [5.41, 5.74) is 1.86. The molecule has 1 fully saturated rings. The lowest BCUT2D eigenvalue weighted by Crippen LogP contribution is -2.30. The summed E-state index contributed by atoms with van der Waals surface area (Å²) >= 11 is 7.37. The van der Waals surface area contributed by atoms with E-state index in [1.807, 2.05) is 18.2 Å². The summed E-state index contributed by atoms with van der Waals surface area (Å²) < 4.78 is 2.16. The summed E-state index contributed by atoms with van der Waals surface area (Å²) in [4.78, 5) is 15.0. The SMILES string of the molecule is O=C(CSc1nnc(CN2CCCCC2)n1Cc1ccccc1)c1ccc(Cl)cc1. The first-order valence-corrected chi connectivity index (χ1v) is 11.7. The van der Waals surface area contributed by atoms with Crippen molar-refractivity contribution < 1.29 is 4.79 Å². The van der Waals surface area contributed by atoms with Crippen LogP contribution in [0.4, 0.5) is 0 Å². The molecule has 7 heteroatoms. The molecule has 0 saturated carbocycles. The van der Waals surface area contributed by atoms with E-state index >= 15 is 0 Å². The first kappa shape index (κ1) is 21.1. The summed E-state index contributed by atoms with van der Waals surface area (Å²) in [6.45, 7) is 3.71. The number of carbonyl (C=O) groups excluding carboxylic acids is 1. The van der Waals surface area contributed by atoms with Crippen LogP contribution in [0.3, 0.4) is 0 Å². The van der Waals surface area contributed by atoms with Gasteiger partial charge in [-0.25, -0.2) is 0 Å². The molecule has 1 aliphatic heterocycles. The van der Waals surface area contributed by atoms with Gasteiger partial charge in [0.05, 0.1) is 18.8 Å². The molecular formula is C23H25ClN4OS. The molecule has 0 atom stereocenters. The molecule has 0 radical (unpaired) electrons. The number of rotatable bonds is 8. The number of nitrogens with zero attached hydrogens (tertiary/aromatic N) is 4. The number of hydrogen-bond donors (Lipinski definition) is 0. The average Bonchev–Trinajstić information content (AvgIpc) is 3.15. The molecule has 0 aliphatic carbocycles. The smallest absolute Gasteiger partial charge is 0.192 e. The fraction of sp³-hybridized carbons (Fsp3) is 0.348. The normalized spacial score (nSPS) is 14.7. The van der Waals surface area contributed by atoms with Crippen LogP contribution in [0, 0.1) is 0 Å². The first-order valence-electron chi connectivity index (χ1n) is 10.3. The van der Waals surface area contributed by atoms with E-state index in [4.69, 9.17) is 11.6 Å². The van der Waals surface area contributed by atoms with E-state index in [0.717, 1.165) is 30.6 Å². The van der Waals surface area contributed by atoms with E-state index < -0.39 is 0 Å². The van der Waals surface area contributed by atoms with Gasteiger partial charge in [-0.15, -0.1) is 10.2 Å². The van der Waals surface area contributed by atoms with Crippen molar-refractivity contribution in [1.82, 2.24) is 19.7 Å². The van der Waals surface area contributed by atoms with Crippen molar-refractivity contribution in [2.24, 2.45) is 0 Å². The van der Waals surface area contributed by atoms with E-state index in [0.29, 0.717) is 22.9 Å². The third-order valence-corrected chi connectivity index (χ3v) is 6.51. The summed E-state index contributed by atoms with van der Waals surface area (Å²) in [5, 5.41) is 10.3. The topological polar surface area (TPSA) is 51.0 Å². The molecule has 5 nitrogen and oxygen atoms in total. The van der Waals surface area contributed by atoms with Crippen LogP contribution in [-0.4, -0.2) is 44.3 Å². The van der Waals surface area contributed by atoms with Crippen molar-refractivity contribution in [3.8, 4) is 0 Å². The number of halogens is 1. The van der Waals surface area contributed by atoms with Crippen molar-refractivity contribution in [3.63, 3.8) is 0 Å². The summed E-state index contributed by atoms with van der Waals surface area (Å²) in [5.74, 6) is 1.34. The standard InChI is InChI=1S/C23H25ClN4OS/c24-20-11-9-19(10-12-20)21(29)17-30-23-26-25-22(16-27-13-5-2-6-14-27)28(23)15-18-7-3-1-4-8-18/h1,3-4,7-12H,2,5-6,13-17H2. The lowest BCUT2D eigenvalue weighted by atomic mass is 10.1. The second-order valence-electron chi connectivity index (χ2n) is 7.53. The molecule has 1 saturated heterocycles. The van der Waals surface area contributed by atoms with Gasteiger partial charge in [-0.05, 0) is 55.8 Å². The molecule has 0 N–H and O–H groups in total. The van der Waals surface area contributed by atoms with Crippen LogP contribution in [0.25, 0.3) is 0 Å². The Morgan fingerprint density at radius 3 is 2.40 bits per heavy atom. The summed E-state index contributed by atoms with van der Waals surface area (Å²) in [6, 6.07) is 17.3. The van der Waals surface area contributed by atoms with Crippen LogP contribution in [0.5, 0.6) is 0 Å². The molecule has 0 spiro atoms. The fourth-order valence-electron chi connectivity index (χ4n) is 3.63. The lowest BCUT2D eigenvalue weighted by Gasteiger charge is -2.26. The molecule has 1 aliphatic rings. The third-order valence-electron chi connectivity index (χ3n) is 5.29. The first-order chi connectivity index (χ1) is 14.7. The van der Waals surface area contributed by atoms with Gasteiger partial charge in [0.2, 0.25) is 0 Å². The highest BCUT2D eigenvalue weighted by Gasteiger charge is 2.19. The molecule has 4 rings (SSSR count). The zero-order chi connectivity index (χ0) is 20.8. The van der Waals surface area contributed by atoms with Gasteiger partial charge in [-0.1, -0.05) is 60.1 Å². The minimum Gasteiger partial charge on any atom is -0.300 e. The summed E-state index contributed by atoms with van der Waals surface area (Å²) in [6.07, 6.45) is 3.79. The Labute approximate surface area is 186 Å². The Balaban J connectivity index is 1.50. The van der Waals surface area contributed by atoms with E-state index in [2.05, 4.69) is 31.8 Å². The van der Waals surface area contributed by atoms with E-state index in [1.165, 1.54) is 36.6 Å². The number of likely N-dealkylation sites (tertiary alicyclic amines) is 1. The minimum atomic E-state index is 0.0588. The summed E-state index contributed by atoms with van der Waals surface area (Å²) in [7, 11) is 0. The Bertz CT molecular complexity index is 969. The van der Waals surface area contributed by atoms with Gasteiger partial charge in [-0.2, -0.15) is 0 Å². The highest BCUT2D eigenvalue weighted by Crippen LogP contribution is 2.22. The van der Waals surface area contributed by atoms with Gasteiger partial charge in [0.15, 0.2) is 10.9 Å². The van der Waals surface area contributed by atoms with E-state index in [1.54, 1.807) is 24.3 Å². The highest BCUT2D eigenvalue weighted by atomic mass is 35.5. The molecule has 0 amide bonds. The van der Waals surface area contributed by atoms with Gasteiger partial charge in [-0.3, -0.25) is 9.69 Å². The number of Topliss-reactive ketones (excluding diaryl/α,β-unsaturated/α-hetero) is 1. The number of ketones is 1. The van der Waals surface area contributed by atoms with Gasteiger partial charge in [0.25, 0.3) is 0 Å². The molecule has 0 unspecified atom stereocenters. The van der Waals surface area contributed by atoms with Crippen molar-refractivity contribution >= 4 is 29.1 Å². The monoisotopic (exact) mass is 440 g/mol. The molecule has 2 aromatic carbocycles. The molecule has 0 bridgehead atoms. The Morgan fingerprint density at radius 2 is 1.67 bits per heavy atom. The van der Waals surface area contributed by atoms with Gasteiger partial charge in [0.1, 0.15) is 5.82 Å². The van der Waals surface area contributed by atoms with Gasteiger partial charge < -0.3 is 4.57 Å². The third kappa shape index (κ3) is 5.50. The quantitative estimate of drug-likeness (QED) is 0.366. The molecule has 3 aromatic rings. The van der Waals surface area contributed by atoms with E-state index in [-0.39, 0.29) is 5.78 Å². The average molecular weight is 441 g/mol. The maximum Gasteiger partial charge on any atom is 0.192 e. The molecule has 156 valence electrons. The fourth-order valence-corrected chi connectivity index (χ4v) is 4.61. The lowest BCUT2D eigenvalue weighted by molar-refractivity contribution is 0.102. The number of piperidine rings is 1. The number of carbonyl (C=O) groups is 1. The van der Waals surface area contributed by atoms with Crippen LogP contribution in [0.1, 0.15) is 41.0 Å². The highest BCUT2D eigenvalue weighted by molar-refractivity contribution is 7.99. The molecule has 2 heterocycles. The van der Waals surface area contributed by atoms with Crippen LogP contribution in [-0.2, 0) is 13.1 Å². The number of benzene rings is 2. The van der Waals surface area contributed by atoms with Crippen molar-refractivity contribution in [2.45, 2.75) is 37.5 Å². The zero-order valence-corrected chi connectivity index (χ0v) is 18.4. The van der Waals surface area contributed by atoms with E-state index in [9.17, 15) is 4.79 Å². The van der Waals surface area contributed by atoms with Crippen LogP contribution < -0.4 is 0 Å². The maximum atomic E-state index is 12.6. The molecule has 1 aromatic heterocycles. The number of aromatic nitrogens is 3. The minimum absolute atomic E-state index is 0.0588. The Kier molecular flexibility index (Phi) is 7.20. The number of thioether (sulfide) groups is 1. The second kappa shape index (κ2) is 10.2. The predicted molar refractivity (Wildman–Crippen MR) is 121 cm³/mol. The molecule has 30 heavy (non-hydrogen) atoms. The van der Waals surface area contributed by atoms with Gasteiger partial charge >= 0.3 is 0 Å². The van der Waals surface area contributed by atoms with Crippen LogP contribution in [0.15, 0.2) is 59.8 Å². The van der Waals surface area contributed by atoms with Crippen LogP contribution >= 0.6 is 23.4 Å². The van der Waals surface area contributed by atoms with Crippen LogP contribution in [0.2, 0.25) is 5.02 Å². The maximum absolute atomic E-state index is 12.6. The van der Waals surface area contributed by atoms with Crippen molar-refractivity contribution in [1.29, 1.82) is 0 Å². The van der Waals surface area contributed by atoms with Crippen molar-refractivity contribution in [3.05, 3.63) is 76.6 Å².